The van der Waals surface area contributed by atoms with Crippen LogP contribution in [-0.2, 0) is 0 Å². The number of nitrogens with one attached hydrogen (secondary N) is 1. The summed E-state index contributed by atoms with van der Waals surface area (Å²) < 4.78 is 15.9. The van der Waals surface area contributed by atoms with Gasteiger partial charge in [-0.2, -0.15) is 0 Å². The lowest BCUT2D eigenvalue weighted by atomic mass is 10.1. The van der Waals surface area contributed by atoms with Gasteiger partial charge in [0, 0.05) is 25.5 Å². The van der Waals surface area contributed by atoms with Gasteiger partial charge in [-0.25, -0.2) is 9.37 Å². The molecule has 0 spiro atoms. The van der Waals surface area contributed by atoms with Gasteiger partial charge in [0.25, 0.3) is 0 Å². The first-order valence-corrected chi connectivity index (χ1v) is 5.92. The molecule has 2 heterocycles. The van der Waals surface area contributed by atoms with Crippen LogP contribution < -0.4 is 5.32 Å². The van der Waals surface area contributed by atoms with Gasteiger partial charge in [0.05, 0.1) is 17.6 Å². The van der Waals surface area contributed by atoms with Gasteiger partial charge in [0.1, 0.15) is 11.7 Å². The average molecular weight is 244 g/mol. The van der Waals surface area contributed by atoms with E-state index in [1.54, 1.807) is 29.4 Å². The number of aromatic nitrogens is 2. The predicted molar refractivity (Wildman–Crippen MR) is 67.5 cm³/mol. The molecule has 0 unspecified atom stereocenters. The Bertz CT molecular complexity index is 575. The topological polar surface area (TPSA) is 42.2 Å². The van der Waals surface area contributed by atoms with Crippen LogP contribution in [0, 0.1) is 5.82 Å². The maximum absolute atomic E-state index is 14.1. The molecule has 0 fully saturated rings. The number of rotatable bonds is 2. The van der Waals surface area contributed by atoms with E-state index in [9.17, 15) is 4.39 Å². The SMILES string of the molecule is Fc1cccc(-n2ccnc2)c1C1=NCCCN1. The molecule has 18 heavy (non-hydrogen) atoms. The Morgan fingerprint density at radius 2 is 2.28 bits per heavy atom. The summed E-state index contributed by atoms with van der Waals surface area (Å²) in [5, 5.41) is 3.15. The molecule has 0 radical (unpaired) electrons. The van der Waals surface area contributed by atoms with E-state index < -0.39 is 0 Å². The van der Waals surface area contributed by atoms with Gasteiger partial charge in [-0.15, -0.1) is 0 Å². The maximum Gasteiger partial charge on any atom is 0.136 e. The Labute approximate surface area is 104 Å². The minimum absolute atomic E-state index is 0.269. The number of amidine groups is 1. The third kappa shape index (κ3) is 1.88. The normalized spacial score (nSPS) is 15.1. The van der Waals surface area contributed by atoms with E-state index in [0.29, 0.717) is 11.4 Å². The van der Waals surface area contributed by atoms with Gasteiger partial charge in [-0.1, -0.05) is 6.07 Å². The van der Waals surface area contributed by atoms with Crippen molar-refractivity contribution in [3.8, 4) is 5.69 Å². The van der Waals surface area contributed by atoms with Gasteiger partial charge in [-0.05, 0) is 18.6 Å². The van der Waals surface area contributed by atoms with Crippen LogP contribution in [0.25, 0.3) is 5.69 Å². The smallest absolute Gasteiger partial charge is 0.136 e. The van der Waals surface area contributed by atoms with Crippen LogP contribution in [0.2, 0.25) is 0 Å². The van der Waals surface area contributed by atoms with E-state index in [1.807, 2.05) is 6.07 Å². The fourth-order valence-electron chi connectivity index (χ4n) is 2.06. The summed E-state index contributed by atoms with van der Waals surface area (Å²) in [6.07, 6.45) is 6.10. The molecule has 1 aliphatic rings. The van der Waals surface area contributed by atoms with Crippen LogP contribution in [0.3, 0.4) is 0 Å². The lowest BCUT2D eigenvalue weighted by Gasteiger charge is -2.18. The molecule has 1 N–H and O–H groups in total. The highest BCUT2D eigenvalue weighted by molar-refractivity contribution is 6.02. The van der Waals surface area contributed by atoms with E-state index in [-0.39, 0.29) is 5.82 Å². The highest BCUT2D eigenvalue weighted by Gasteiger charge is 2.17. The summed E-state index contributed by atoms with van der Waals surface area (Å²) in [5.74, 6) is 0.359. The fraction of sp³-hybridized carbons (Fsp3) is 0.231. The van der Waals surface area contributed by atoms with E-state index >= 15 is 0 Å². The molecule has 2 aromatic rings. The average Bonchev–Trinajstić information content (AvgIpc) is 2.93. The lowest BCUT2D eigenvalue weighted by molar-refractivity contribution is 0.620. The van der Waals surface area contributed by atoms with Crippen molar-refractivity contribution in [3.05, 3.63) is 48.3 Å². The molecule has 1 aromatic carbocycles. The second-order valence-corrected chi connectivity index (χ2v) is 4.11. The van der Waals surface area contributed by atoms with Crippen LogP contribution in [0.1, 0.15) is 12.0 Å². The summed E-state index contributed by atoms with van der Waals surface area (Å²) in [6, 6.07) is 5.00. The Hall–Kier alpha value is -2.17. The summed E-state index contributed by atoms with van der Waals surface area (Å²) >= 11 is 0. The van der Waals surface area contributed by atoms with Gasteiger partial charge < -0.3 is 9.88 Å². The monoisotopic (exact) mass is 244 g/mol. The van der Waals surface area contributed by atoms with Crippen LogP contribution in [-0.4, -0.2) is 28.5 Å². The zero-order chi connectivity index (χ0) is 12.4. The number of hydrogen-bond acceptors (Lipinski definition) is 3. The highest BCUT2D eigenvalue weighted by Crippen LogP contribution is 2.19. The van der Waals surface area contributed by atoms with Crippen molar-refractivity contribution in [3.63, 3.8) is 0 Å². The summed E-state index contributed by atoms with van der Waals surface area (Å²) in [4.78, 5) is 8.36. The molecule has 0 aliphatic carbocycles. The Balaban J connectivity index is 2.15. The minimum atomic E-state index is -0.269. The molecule has 0 bridgehead atoms. The molecule has 1 aromatic heterocycles. The van der Waals surface area contributed by atoms with Crippen molar-refractivity contribution in [2.45, 2.75) is 6.42 Å². The fourth-order valence-corrected chi connectivity index (χ4v) is 2.06. The number of imidazole rings is 1. The van der Waals surface area contributed by atoms with Crippen LogP contribution >= 0.6 is 0 Å². The Morgan fingerprint density at radius 1 is 1.33 bits per heavy atom. The predicted octanol–water partition coefficient (Wildman–Crippen LogP) is 1.75. The second-order valence-electron chi connectivity index (χ2n) is 4.11. The molecule has 92 valence electrons. The Kier molecular flexibility index (Phi) is 2.80. The molecule has 0 saturated carbocycles. The largest absolute Gasteiger partial charge is 0.370 e. The third-order valence-corrected chi connectivity index (χ3v) is 2.91. The second kappa shape index (κ2) is 4.60. The van der Waals surface area contributed by atoms with Gasteiger partial charge in [0.2, 0.25) is 0 Å². The zero-order valence-corrected chi connectivity index (χ0v) is 9.81. The molecule has 3 rings (SSSR count). The van der Waals surface area contributed by atoms with Crippen molar-refractivity contribution in [2.75, 3.05) is 13.1 Å². The number of nitrogens with zero attached hydrogens (tertiary/aromatic N) is 3. The standard InChI is InChI=1S/C13H13FN4/c14-10-3-1-4-11(18-8-7-15-9-18)12(10)13-16-5-2-6-17-13/h1,3-4,7-9H,2,5-6H2,(H,16,17). The number of hydrogen-bond donors (Lipinski definition) is 1. The number of aliphatic imine (C=N–C) groups is 1. The van der Waals surface area contributed by atoms with E-state index in [1.165, 1.54) is 6.07 Å². The van der Waals surface area contributed by atoms with Crippen molar-refractivity contribution in [1.29, 1.82) is 0 Å². The van der Waals surface area contributed by atoms with Crippen molar-refractivity contribution >= 4 is 5.84 Å². The summed E-state index contributed by atoms with van der Waals surface area (Å²) in [6.45, 7) is 1.57. The molecular formula is C13H13FN4. The number of benzene rings is 1. The first-order chi connectivity index (χ1) is 8.86. The lowest BCUT2D eigenvalue weighted by Crippen LogP contribution is -2.31. The first-order valence-electron chi connectivity index (χ1n) is 5.92. The number of halogens is 1. The molecule has 0 saturated heterocycles. The van der Waals surface area contributed by atoms with Crippen molar-refractivity contribution in [2.24, 2.45) is 4.99 Å². The molecule has 4 nitrogen and oxygen atoms in total. The van der Waals surface area contributed by atoms with E-state index in [2.05, 4.69) is 15.3 Å². The quantitative estimate of drug-likeness (QED) is 0.874. The maximum atomic E-state index is 14.1. The molecule has 1 aliphatic heterocycles. The van der Waals surface area contributed by atoms with Crippen LogP contribution in [0.15, 0.2) is 41.9 Å². The summed E-state index contributed by atoms with van der Waals surface area (Å²) in [5.41, 5.74) is 1.26. The van der Waals surface area contributed by atoms with Crippen LogP contribution in [0.5, 0.6) is 0 Å². The first kappa shape index (κ1) is 11.0. The van der Waals surface area contributed by atoms with E-state index in [4.69, 9.17) is 0 Å². The van der Waals surface area contributed by atoms with Gasteiger partial charge >= 0.3 is 0 Å². The molecule has 5 heteroatoms. The minimum Gasteiger partial charge on any atom is -0.370 e. The highest BCUT2D eigenvalue weighted by atomic mass is 19.1. The molecule has 0 atom stereocenters. The van der Waals surface area contributed by atoms with Gasteiger partial charge in [-0.3, -0.25) is 4.99 Å². The molecular weight excluding hydrogens is 231 g/mol. The van der Waals surface area contributed by atoms with Crippen molar-refractivity contribution < 1.29 is 4.39 Å². The van der Waals surface area contributed by atoms with Gasteiger partial charge in [0.15, 0.2) is 0 Å². The molecule has 0 amide bonds. The third-order valence-electron chi connectivity index (χ3n) is 2.91. The zero-order valence-electron chi connectivity index (χ0n) is 9.81. The summed E-state index contributed by atoms with van der Waals surface area (Å²) in [7, 11) is 0. The van der Waals surface area contributed by atoms with Crippen LogP contribution in [0.4, 0.5) is 4.39 Å². The Morgan fingerprint density at radius 3 is 3.00 bits per heavy atom. The van der Waals surface area contributed by atoms with Crippen molar-refractivity contribution in [1.82, 2.24) is 14.9 Å². The van der Waals surface area contributed by atoms with E-state index in [0.717, 1.165) is 25.2 Å².